The molecule has 0 aliphatic rings. The van der Waals surface area contributed by atoms with Crippen molar-refractivity contribution in [3.63, 3.8) is 0 Å². The second-order valence-electron chi connectivity index (χ2n) is 4.08. The molecule has 0 bridgehead atoms. The maximum Gasteiger partial charge on any atom is 0.399 e. The summed E-state index contributed by atoms with van der Waals surface area (Å²) in [5.74, 6) is 1.27. The van der Waals surface area contributed by atoms with E-state index in [0.717, 1.165) is 12.1 Å². The molecule has 0 unspecified atom stereocenters. The zero-order chi connectivity index (χ0) is 13.7. The molecule has 1 aromatic heterocycles. The zero-order valence-electron chi connectivity index (χ0n) is 11.4. The number of rotatable bonds is 6. The minimum Gasteiger partial charge on any atom is -0.493 e. The number of methoxy groups -OCH3 is 1. The maximum atomic E-state index is 5.60. The van der Waals surface area contributed by atoms with E-state index in [1.54, 1.807) is 13.4 Å². The minimum absolute atomic E-state index is 0.216. The van der Waals surface area contributed by atoms with Crippen LogP contribution in [0.1, 0.15) is 18.2 Å². The number of hydrogen-bond donors (Lipinski definition) is 1. The molecule has 19 heavy (non-hydrogen) atoms. The highest BCUT2D eigenvalue weighted by Gasteiger charge is 2.10. The van der Waals surface area contributed by atoms with E-state index in [-0.39, 0.29) is 6.08 Å². The summed E-state index contributed by atoms with van der Waals surface area (Å²) in [7, 11) is 3.46. The van der Waals surface area contributed by atoms with E-state index in [2.05, 4.69) is 17.2 Å². The van der Waals surface area contributed by atoms with E-state index in [4.69, 9.17) is 13.9 Å². The monoisotopic (exact) mass is 262 g/mol. The SMILES string of the molecule is CCc1ccc(Oc2nc(CNC)co2)c(OC)c1. The molecular formula is C14H18N2O3. The average molecular weight is 262 g/mol. The van der Waals surface area contributed by atoms with Crippen LogP contribution < -0.4 is 14.8 Å². The van der Waals surface area contributed by atoms with Gasteiger partial charge in [-0.25, -0.2) is 0 Å². The van der Waals surface area contributed by atoms with Crippen LogP contribution in [0.4, 0.5) is 0 Å². The second-order valence-corrected chi connectivity index (χ2v) is 4.08. The first kappa shape index (κ1) is 13.4. The Kier molecular flexibility index (Phi) is 4.41. The lowest BCUT2D eigenvalue weighted by Gasteiger charge is -2.08. The lowest BCUT2D eigenvalue weighted by molar-refractivity contribution is 0.310. The second kappa shape index (κ2) is 6.24. The van der Waals surface area contributed by atoms with Crippen LogP contribution in [-0.4, -0.2) is 19.1 Å². The van der Waals surface area contributed by atoms with Crippen LogP contribution >= 0.6 is 0 Å². The molecule has 1 aromatic carbocycles. The van der Waals surface area contributed by atoms with E-state index in [1.165, 1.54) is 5.56 Å². The summed E-state index contributed by atoms with van der Waals surface area (Å²) in [6.45, 7) is 2.73. The van der Waals surface area contributed by atoms with E-state index in [9.17, 15) is 0 Å². The number of nitrogens with one attached hydrogen (secondary N) is 1. The molecule has 0 amide bonds. The molecule has 102 valence electrons. The molecule has 0 spiro atoms. The summed E-state index contributed by atoms with van der Waals surface area (Å²) >= 11 is 0. The lowest BCUT2D eigenvalue weighted by atomic mass is 10.1. The van der Waals surface area contributed by atoms with Crippen molar-refractivity contribution < 1.29 is 13.9 Å². The molecule has 5 heteroatoms. The Labute approximate surface area is 112 Å². The molecule has 0 aliphatic carbocycles. The fourth-order valence-corrected chi connectivity index (χ4v) is 1.71. The first-order valence-corrected chi connectivity index (χ1v) is 6.20. The highest BCUT2D eigenvalue weighted by Crippen LogP contribution is 2.32. The van der Waals surface area contributed by atoms with Gasteiger partial charge in [0.05, 0.1) is 12.8 Å². The Bertz CT molecular complexity index is 537. The Hall–Kier alpha value is -2.01. The highest BCUT2D eigenvalue weighted by molar-refractivity contribution is 5.44. The Morgan fingerprint density at radius 1 is 1.32 bits per heavy atom. The fraction of sp³-hybridized carbons (Fsp3) is 0.357. The van der Waals surface area contributed by atoms with Gasteiger partial charge in [-0.1, -0.05) is 13.0 Å². The summed E-state index contributed by atoms with van der Waals surface area (Å²) in [6.07, 6.45) is 2.73. The van der Waals surface area contributed by atoms with Crippen molar-refractivity contribution >= 4 is 0 Å². The molecule has 2 aromatic rings. The summed E-state index contributed by atoms with van der Waals surface area (Å²) < 4.78 is 16.2. The normalized spacial score (nSPS) is 10.5. The van der Waals surface area contributed by atoms with E-state index >= 15 is 0 Å². The molecule has 0 saturated heterocycles. The summed E-state index contributed by atoms with van der Waals surface area (Å²) in [4.78, 5) is 4.21. The standard InChI is InChI=1S/C14H18N2O3/c1-4-10-5-6-12(13(7-10)17-3)19-14-16-11(8-15-2)9-18-14/h5-7,9,15H,4,8H2,1-3H3. The third kappa shape index (κ3) is 3.26. The molecule has 0 aliphatic heterocycles. The summed E-state index contributed by atoms with van der Waals surface area (Å²) in [6, 6.07) is 5.81. The summed E-state index contributed by atoms with van der Waals surface area (Å²) in [5.41, 5.74) is 1.98. The van der Waals surface area contributed by atoms with Crippen LogP contribution in [0.25, 0.3) is 0 Å². The van der Waals surface area contributed by atoms with Crippen molar-refractivity contribution in [3.05, 3.63) is 35.7 Å². The van der Waals surface area contributed by atoms with Crippen LogP contribution in [0.2, 0.25) is 0 Å². The molecule has 0 fully saturated rings. The zero-order valence-corrected chi connectivity index (χ0v) is 11.4. The van der Waals surface area contributed by atoms with Crippen LogP contribution in [0, 0.1) is 0 Å². The number of hydrogen-bond acceptors (Lipinski definition) is 5. The van der Waals surface area contributed by atoms with Gasteiger partial charge in [0.2, 0.25) is 0 Å². The van der Waals surface area contributed by atoms with Gasteiger partial charge in [0.1, 0.15) is 6.26 Å². The van der Waals surface area contributed by atoms with Gasteiger partial charge < -0.3 is 19.2 Å². The van der Waals surface area contributed by atoms with Gasteiger partial charge >= 0.3 is 6.08 Å². The Balaban J connectivity index is 2.17. The molecule has 1 N–H and O–H groups in total. The van der Waals surface area contributed by atoms with Crippen LogP contribution in [0.5, 0.6) is 17.6 Å². The number of ether oxygens (including phenoxy) is 2. The van der Waals surface area contributed by atoms with Gasteiger partial charge in [-0.2, -0.15) is 4.98 Å². The number of aryl methyl sites for hydroxylation is 1. The van der Waals surface area contributed by atoms with Gasteiger partial charge in [-0.3, -0.25) is 0 Å². The molecule has 0 saturated carbocycles. The van der Waals surface area contributed by atoms with E-state index in [1.807, 2.05) is 25.2 Å². The average Bonchev–Trinajstić information content (AvgIpc) is 2.87. The molecule has 1 heterocycles. The largest absolute Gasteiger partial charge is 0.493 e. The number of aromatic nitrogens is 1. The first-order chi connectivity index (χ1) is 9.26. The predicted octanol–water partition coefficient (Wildman–Crippen LogP) is 2.76. The minimum atomic E-state index is 0.216. The molecule has 0 atom stereocenters. The molecular weight excluding hydrogens is 244 g/mol. The van der Waals surface area contributed by atoms with E-state index < -0.39 is 0 Å². The van der Waals surface area contributed by atoms with Gasteiger partial charge in [0.15, 0.2) is 11.5 Å². The Morgan fingerprint density at radius 3 is 2.84 bits per heavy atom. The number of nitrogens with zero attached hydrogens (tertiary/aromatic N) is 1. The maximum absolute atomic E-state index is 5.60. The number of oxazole rings is 1. The van der Waals surface area contributed by atoms with Gasteiger partial charge in [0, 0.05) is 6.54 Å². The topological polar surface area (TPSA) is 56.5 Å². The quantitative estimate of drug-likeness (QED) is 0.867. The first-order valence-electron chi connectivity index (χ1n) is 6.20. The van der Waals surface area contributed by atoms with Crippen molar-refractivity contribution in [1.82, 2.24) is 10.3 Å². The molecule has 2 rings (SSSR count). The Morgan fingerprint density at radius 2 is 2.16 bits per heavy atom. The van der Waals surface area contributed by atoms with Crippen molar-refractivity contribution in [1.29, 1.82) is 0 Å². The number of benzene rings is 1. The highest BCUT2D eigenvalue weighted by atomic mass is 16.6. The third-order valence-corrected chi connectivity index (χ3v) is 2.72. The van der Waals surface area contributed by atoms with Crippen molar-refractivity contribution in [2.45, 2.75) is 19.9 Å². The van der Waals surface area contributed by atoms with Gasteiger partial charge in [0.25, 0.3) is 0 Å². The van der Waals surface area contributed by atoms with Crippen molar-refractivity contribution in [2.24, 2.45) is 0 Å². The third-order valence-electron chi connectivity index (χ3n) is 2.72. The predicted molar refractivity (Wildman–Crippen MR) is 71.7 cm³/mol. The van der Waals surface area contributed by atoms with E-state index in [0.29, 0.717) is 18.0 Å². The van der Waals surface area contributed by atoms with Crippen LogP contribution in [-0.2, 0) is 13.0 Å². The fourth-order valence-electron chi connectivity index (χ4n) is 1.71. The lowest BCUT2D eigenvalue weighted by Crippen LogP contribution is -2.04. The summed E-state index contributed by atoms with van der Waals surface area (Å²) in [5, 5.41) is 3.00. The van der Waals surface area contributed by atoms with Crippen LogP contribution in [0.15, 0.2) is 28.9 Å². The van der Waals surface area contributed by atoms with Gasteiger partial charge in [-0.15, -0.1) is 0 Å². The van der Waals surface area contributed by atoms with Gasteiger partial charge in [-0.05, 0) is 31.2 Å². The van der Waals surface area contributed by atoms with Crippen molar-refractivity contribution in [2.75, 3.05) is 14.2 Å². The molecule has 0 radical (unpaired) electrons. The van der Waals surface area contributed by atoms with Crippen LogP contribution in [0.3, 0.4) is 0 Å². The smallest absolute Gasteiger partial charge is 0.399 e. The van der Waals surface area contributed by atoms with Crippen molar-refractivity contribution in [3.8, 4) is 17.6 Å². The molecule has 5 nitrogen and oxygen atoms in total.